The number of likely N-dealkylation sites (N-methyl/N-ethyl adjacent to an activating group) is 1. The largest absolute Gasteiger partial charge is 0.493 e. The maximum absolute atomic E-state index is 12.2. The minimum absolute atomic E-state index is 0.0401. The van der Waals surface area contributed by atoms with Crippen molar-refractivity contribution in [1.82, 2.24) is 4.90 Å². The number of hydrogen-bond acceptors (Lipinski definition) is 4. The van der Waals surface area contributed by atoms with Gasteiger partial charge in [0.05, 0.1) is 19.6 Å². The maximum atomic E-state index is 12.2. The number of nitrogens with zero attached hydrogens (tertiary/aromatic N) is 1. The number of carbonyl (C=O) groups excluding carboxylic acids is 2. The van der Waals surface area contributed by atoms with E-state index in [0.29, 0.717) is 18.8 Å². The highest BCUT2D eigenvalue weighted by Gasteiger charge is 2.10. The van der Waals surface area contributed by atoms with Crippen LogP contribution in [0.3, 0.4) is 0 Å². The number of amides is 2. The predicted octanol–water partition coefficient (Wildman–Crippen LogP) is 3.68. The second-order valence-corrected chi connectivity index (χ2v) is 6.50. The highest BCUT2D eigenvalue weighted by atomic mass is 16.5. The summed E-state index contributed by atoms with van der Waals surface area (Å²) >= 11 is 0. The van der Waals surface area contributed by atoms with Gasteiger partial charge in [-0.15, -0.1) is 0 Å². The summed E-state index contributed by atoms with van der Waals surface area (Å²) in [5, 5.41) is 5.79. The standard InChI is InChI=1S/C22H29N3O3/c1-4-25(5-2)16-22(27)24-20-12-11-18(15-17(20)3)23-21(26)13-14-28-19-9-7-6-8-10-19/h6-12,15H,4-5,13-14,16H2,1-3H3,(H,23,26)(H,24,27). The number of benzene rings is 2. The molecule has 0 heterocycles. The van der Waals surface area contributed by atoms with Crippen molar-refractivity contribution in [3.63, 3.8) is 0 Å². The van der Waals surface area contributed by atoms with Crippen LogP contribution >= 0.6 is 0 Å². The van der Waals surface area contributed by atoms with Gasteiger partial charge in [-0.05, 0) is 55.9 Å². The molecule has 0 bridgehead atoms. The molecule has 0 unspecified atom stereocenters. The molecule has 0 saturated carbocycles. The lowest BCUT2D eigenvalue weighted by Crippen LogP contribution is -2.33. The third kappa shape index (κ3) is 7.04. The van der Waals surface area contributed by atoms with Crippen molar-refractivity contribution in [3.8, 4) is 5.75 Å². The number of carbonyl (C=O) groups is 2. The second-order valence-electron chi connectivity index (χ2n) is 6.50. The van der Waals surface area contributed by atoms with Gasteiger partial charge in [-0.2, -0.15) is 0 Å². The Kier molecular flexibility index (Phi) is 8.49. The van der Waals surface area contributed by atoms with Crippen molar-refractivity contribution in [2.45, 2.75) is 27.2 Å². The molecule has 0 aromatic heterocycles. The quantitative estimate of drug-likeness (QED) is 0.657. The fourth-order valence-corrected chi connectivity index (χ4v) is 2.72. The van der Waals surface area contributed by atoms with Gasteiger partial charge < -0.3 is 15.4 Å². The summed E-state index contributed by atoms with van der Waals surface area (Å²) in [5.41, 5.74) is 2.35. The number of anilines is 2. The zero-order valence-corrected chi connectivity index (χ0v) is 16.8. The van der Waals surface area contributed by atoms with E-state index in [-0.39, 0.29) is 18.2 Å². The van der Waals surface area contributed by atoms with Gasteiger partial charge in [0.1, 0.15) is 5.75 Å². The van der Waals surface area contributed by atoms with Gasteiger partial charge in [0.25, 0.3) is 0 Å². The molecule has 0 aliphatic rings. The van der Waals surface area contributed by atoms with E-state index in [1.807, 2.05) is 63.2 Å². The van der Waals surface area contributed by atoms with Gasteiger partial charge in [-0.1, -0.05) is 32.0 Å². The first-order valence-corrected chi connectivity index (χ1v) is 9.62. The van der Waals surface area contributed by atoms with E-state index < -0.39 is 0 Å². The van der Waals surface area contributed by atoms with Gasteiger partial charge in [-0.25, -0.2) is 0 Å². The lowest BCUT2D eigenvalue weighted by molar-refractivity contribution is -0.117. The molecule has 0 aliphatic carbocycles. The lowest BCUT2D eigenvalue weighted by Gasteiger charge is -2.18. The Morgan fingerprint density at radius 2 is 1.68 bits per heavy atom. The molecule has 0 atom stereocenters. The van der Waals surface area contributed by atoms with Gasteiger partial charge >= 0.3 is 0 Å². The van der Waals surface area contributed by atoms with E-state index in [0.717, 1.165) is 30.1 Å². The second kappa shape index (κ2) is 11.1. The van der Waals surface area contributed by atoms with E-state index >= 15 is 0 Å². The number of rotatable bonds is 10. The monoisotopic (exact) mass is 383 g/mol. The van der Waals surface area contributed by atoms with Crippen molar-refractivity contribution in [2.24, 2.45) is 0 Å². The number of ether oxygens (including phenoxy) is 1. The van der Waals surface area contributed by atoms with E-state index in [2.05, 4.69) is 15.5 Å². The summed E-state index contributed by atoms with van der Waals surface area (Å²) in [4.78, 5) is 26.3. The van der Waals surface area contributed by atoms with Crippen LogP contribution in [0.15, 0.2) is 48.5 Å². The minimum atomic E-state index is -0.117. The Morgan fingerprint density at radius 1 is 0.964 bits per heavy atom. The van der Waals surface area contributed by atoms with E-state index in [9.17, 15) is 9.59 Å². The van der Waals surface area contributed by atoms with Gasteiger partial charge in [-0.3, -0.25) is 14.5 Å². The average Bonchev–Trinajstić information content (AvgIpc) is 2.69. The SMILES string of the molecule is CCN(CC)CC(=O)Nc1ccc(NC(=O)CCOc2ccccc2)cc1C. The first-order chi connectivity index (χ1) is 13.5. The molecule has 0 saturated heterocycles. The van der Waals surface area contributed by atoms with Gasteiger partial charge in [0.15, 0.2) is 0 Å². The Hall–Kier alpha value is -2.86. The first kappa shape index (κ1) is 21.4. The smallest absolute Gasteiger partial charge is 0.238 e. The van der Waals surface area contributed by atoms with E-state index in [1.165, 1.54) is 0 Å². The summed E-state index contributed by atoms with van der Waals surface area (Å²) in [6, 6.07) is 14.9. The summed E-state index contributed by atoms with van der Waals surface area (Å²) in [7, 11) is 0. The number of nitrogens with one attached hydrogen (secondary N) is 2. The fourth-order valence-electron chi connectivity index (χ4n) is 2.72. The van der Waals surface area contributed by atoms with Crippen LogP contribution in [0.1, 0.15) is 25.8 Å². The molecule has 6 heteroatoms. The van der Waals surface area contributed by atoms with Crippen LogP contribution in [0, 0.1) is 6.92 Å². The van der Waals surface area contributed by atoms with E-state index in [1.54, 1.807) is 6.07 Å². The average molecular weight is 383 g/mol. The van der Waals surface area contributed by atoms with Crippen LogP contribution in [-0.2, 0) is 9.59 Å². The molecule has 2 amide bonds. The van der Waals surface area contributed by atoms with Crippen molar-refractivity contribution in [1.29, 1.82) is 0 Å². The molecule has 2 N–H and O–H groups in total. The number of aryl methyl sites for hydroxylation is 1. The van der Waals surface area contributed by atoms with Crippen molar-refractivity contribution < 1.29 is 14.3 Å². The third-order valence-electron chi connectivity index (χ3n) is 4.39. The van der Waals surface area contributed by atoms with E-state index in [4.69, 9.17) is 4.74 Å². The maximum Gasteiger partial charge on any atom is 0.238 e. The fraction of sp³-hybridized carbons (Fsp3) is 0.364. The predicted molar refractivity (Wildman–Crippen MR) is 113 cm³/mol. The van der Waals surface area contributed by atoms with Crippen molar-refractivity contribution in [2.75, 3.05) is 36.9 Å². The molecule has 0 fully saturated rings. The van der Waals surface area contributed by atoms with Crippen LogP contribution < -0.4 is 15.4 Å². The van der Waals surface area contributed by atoms with Crippen molar-refractivity contribution >= 4 is 23.2 Å². The zero-order chi connectivity index (χ0) is 20.4. The van der Waals surface area contributed by atoms with Crippen LogP contribution in [0.25, 0.3) is 0 Å². The molecule has 0 spiro atoms. The molecule has 2 aromatic rings. The molecule has 28 heavy (non-hydrogen) atoms. The summed E-state index contributed by atoms with van der Waals surface area (Å²) in [6.07, 6.45) is 0.260. The van der Waals surface area contributed by atoms with Gasteiger partial charge in [0, 0.05) is 11.4 Å². The molecule has 150 valence electrons. The highest BCUT2D eigenvalue weighted by molar-refractivity contribution is 5.94. The van der Waals surface area contributed by atoms with Crippen molar-refractivity contribution in [3.05, 3.63) is 54.1 Å². The minimum Gasteiger partial charge on any atom is -0.493 e. The molecule has 0 aliphatic heterocycles. The Bertz CT molecular complexity index is 774. The lowest BCUT2D eigenvalue weighted by atomic mass is 10.1. The molecule has 2 aromatic carbocycles. The van der Waals surface area contributed by atoms with Gasteiger partial charge in [0.2, 0.25) is 11.8 Å². The third-order valence-corrected chi connectivity index (χ3v) is 4.39. The van der Waals surface area contributed by atoms with Crippen LogP contribution in [0.2, 0.25) is 0 Å². The molecule has 0 radical (unpaired) electrons. The highest BCUT2D eigenvalue weighted by Crippen LogP contribution is 2.20. The number of hydrogen-bond donors (Lipinski definition) is 2. The molecule has 6 nitrogen and oxygen atoms in total. The van der Waals surface area contributed by atoms with Crippen LogP contribution in [0.4, 0.5) is 11.4 Å². The normalized spacial score (nSPS) is 10.6. The first-order valence-electron chi connectivity index (χ1n) is 9.62. The molecule has 2 rings (SSSR count). The molecular weight excluding hydrogens is 354 g/mol. The Balaban J connectivity index is 1.82. The Labute approximate surface area is 166 Å². The summed E-state index contributed by atoms with van der Waals surface area (Å²) in [5.74, 6) is 0.589. The van der Waals surface area contributed by atoms with Crippen LogP contribution in [-0.4, -0.2) is 43.0 Å². The summed E-state index contributed by atoms with van der Waals surface area (Å²) < 4.78 is 5.54. The zero-order valence-electron chi connectivity index (χ0n) is 16.8. The number of para-hydroxylation sites is 1. The van der Waals surface area contributed by atoms with Crippen LogP contribution in [0.5, 0.6) is 5.75 Å². The summed E-state index contributed by atoms with van der Waals surface area (Å²) in [6.45, 7) is 8.32. The Morgan fingerprint density at radius 3 is 2.32 bits per heavy atom. The topological polar surface area (TPSA) is 70.7 Å². The molecular formula is C22H29N3O3.